The highest BCUT2D eigenvalue weighted by Gasteiger charge is 2.16. The van der Waals surface area contributed by atoms with Crippen molar-refractivity contribution in [3.8, 4) is 5.75 Å². The standard InChI is InChI=1S/C18H22N2O4S/c1-12-6-8-15(25(22,23)19-3)10-16(12)18(21)20-11-14-7-5-13(2)17(9-14)24-4/h5-10,19H,11H2,1-4H3,(H,20,21). The third-order valence-electron chi connectivity index (χ3n) is 3.96. The highest BCUT2D eigenvalue weighted by molar-refractivity contribution is 7.89. The van der Waals surface area contributed by atoms with E-state index in [0.29, 0.717) is 17.7 Å². The number of hydrogen-bond donors (Lipinski definition) is 2. The van der Waals surface area contributed by atoms with Crippen molar-refractivity contribution < 1.29 is 17.9 Å². The lowest BCUT2D eigenvalue weighted by Gasteiger charge is -2.11. The third kappa shape index (κ3) is 4.37. The number of rotatable bonds is 6. The lowest BCUT2D eigenvalue weighted by molar-refractivity contribution is 0.0950. The van der Waals surface area contributed by atoms with Gasteiger partial charge >= 0.3 is 0 Å². The Bertz CT molecular complexity index is 892. The van der Waals surface area contributed by atoms with Gasteiger partial charge in [0.05, 0.1) is 12.0 Å². The molecular weight excluding hydrogens is 340 g/mol. The maximum atomic E-state index is 12.5. The molecule has 0 saturated heterocycles. The molecular formula is C18H22N2O4S. The Morgan fingerprint density at radius 1 is 1.08 bits per heavy atom. The molecule has 0 aromatic heterocycles. The molecule has 2 aromatic carbocycles. The second-order valence-corrected chi connectivity index (χ2v) is 7.56. The minimum atomic E-state index is -3.60. The van der Waals surface area contributed by atoms with Gasteiger partial charge in [-0.1, -0.05) is 18.2 Å². The fourth-order valence-corrected chi connectivity index (χ4v) is 3.14. The van der Waals surface area contributed by atoms with Crippen LogP contribution in [0, 0.1) is 13.8 Å². The van der Waals surface area contributed by atoms with Gasteiger partial charge in [0.1, 0.15) is 5.75 Å². The second-order valence-electron chi connectivity index (χ2n) is 5.67. The molecule has 2 N–H and O–H groups in total. The summed E-state index contributed by atoms with van der Waals surface area (Å²) in [6.45, 7) is 4.02. The normalized spacial score (nSPS) is 11.2. The number of methoxy groups -OCH3 is 1. The van der Waals surface area contributed by atoms with Crippen molar-refractivity contribution in [3.05, 3.63) is 58.7 Å². The smallest absolute Gasteiger partial charge is 0.251 e. The molecule has 0 saturated carbocycles. The van der Waals surface area contributed by atoms with Crippen molar-refractivity contribution in [1.82, 2.24) is 10.0 Å². The molecule has 0 radical (unpaired) electrons. The van der Waals surface area contributed by atoms with Crippen molar-refractivity contribution in [3.63, 3.8) is 0 Å². The monoisotopic (exact) mass is 362 g/mol. The molecule has 0 fully saturated rings. The maximum absolute atomic E-state index is 12.5. The number of nitrogens with one attached hydrogen (secondary N) is 2. The first-order valence-corrected chi connectivity index (χ1v) is 9.22. The maximum Gasteiger partial charge on any atom is 0.251 e. The summed E-state index contributed by atoms with van der Waals surface area (Å²) >= 11 is 0. The number of ether oxygens (including phenoxy) is 1. The average molecular weight is 362 g/mol. The SMILES string of the molecule is CNS(=O)(=O)c1ccc(C)c(C(=O)NCc2ccc(C)c(OC)c2)c1. The molecule has 0 unspecified atom stereocenters. The van der Waals surface area contributed by atoms with Crippen LogP contribution < -0.4 is 14.8 Å². The van der Waals surface area contributed by atoms with Crippen LogP contribution in [0.5, 0.6) is 5.75 Å². The molecule has 2 rings (SSSR count). The van der Waals surface area contributed by atoms with Gasteiger partial charge in [-0.05, 0) is 55.8 Å². The first kappa shape index (κ1) is 19.0. The first-order valence-electron chi connectivity index (χ1n) is 7.74. The van der Waals surface area contributed by atoms with Gasteiger partial charge in [-0.3, -0.25) is 4.79 Å². The number of benzene rings is 2. The Balaban J connectivity index is 2.20. The van der Waals surface area contributed by atoms with E-state index >= 15 is 0 Å². The van der Waals surface area contributed by atoms with Crippen molar-refractivity contribution in [2.45, 2.75) is 25.3 Å². The van der Waals surface area contributed by atoms with Crippen molar-refractivity contribution in [1.29, 1.82) is 0 Å². The lowest BCUT2D eigenvalue weighted by Crippen LogP contribution is -2.25. The molecule has 0 heterocycles. The minimum absolute atomic E-state index is 0.0581. The van der Waals surface area contributed by atoms with Gasteiger partial charge in [-0.15, -0.1) is 0 Å². The number of sulfonamides is 1. The van der Waals surface area contributed by atoms with Crippen LogP contribution in [0.25, 0.3) is 0 Å². The molecule has 2 aromatic rings. The Kier molecular flexibility index (Phi) is 5.81. The summed E-state index contributed by atoms with van der Waals surface area (Å²) in [5, 5.41) is 2.81. The van der Waals surface area contributed by atoms with E-state index in [1.54, 1.807) is 20.1 Å². The summed E-state index contributed by atoms with van der Waals surface area (Å²) in [5.41, 5.74) is 2.94. The highest BCUT2D eigenvalue weighted by Crippen LogP contribution is 2.19. The summed E-state index contributed by atoms with van der Waals surface area (Å²) in [6, 6.07) is 10.2. The van der Waals surface area contributed by atoms with Crippen LogP contribution in [0.1, 0.15) is 27.0 Å². The zero-order chi connectivity index (χ0) is 18.6. The van der Waals surface area contributed by atoms with Gasteiger partial charge in [0.25, 0.3) is 5.91 Å². The van der Waals surface area contributed by atoms with Gasteiger partial charge in [-0.2, -0.15) is 0 Å². The van der Waals surface area contributed by atoms with E-state index in [-0.39, 0.29) is 10.8 Å². The fourth-order valence-electron chi connectivity index (χ4n) is 2.38. The quantitative estimate of drug-likeness (QED) is 0.825. The molecule has 134 valence electrons. The van der Waals surface area contributed by atoms with Crippen molar-refractivity contribution >= 4 is 15.9 Å². The van der Waals surface area contributed by atoms with E-state index in [9.17, 15) is 13.2 Å². The first-order chi connectivity index (χ1) is 11.8. The summed E-state index contributed by atoms with van der Waals surface area (Å²) < 4.78 is 31.3. The van der Waals surface area contributed by atoms with Gasteiger partial charge in [0, 0.05) is 12.1 Å². The predicted octanol–water partition coefficient (Wildman–Crippen LogP) is 2.15. The van der Waals surface area contributed by atoms with Crippen LogP contribution in [0.2, 0.25) is 0 Å². The predicted molar refractivity (Wildman–Crippen MR) is 96.3 cm³/mol. The van der Waals surface area contributed by atoms with E-state index in [2.05, 4.69) is 10.0 Å². The van der Waals surface area contributed by atoms with E-state index in [1.165, 1.54) is 19.2 Å². The highest BCUT2D eigenvalue weighted by atomic mass is 32.2. The Labute approximate surface area is 148 Å². The Hall–Kier alpha value is -2.38. The molecule has 7 heteroatoms. The number of carbonyl (C=O) groups excluding carboxylic acids is 1. The summed E-state index contributed by atoms with van der Waals surface area (Å²) in [7, 11) is -0.666. The van der Waals surface area contributed by atoms with Gasteiger partial charge in [-0.25, -0.2) is 13.1 Å². The fraction of sp³-hybridized carbons (Fsp3) is 0.278. The van der Waals surface area contributed by atoms with Crippen LogP contribution in [0.4, 0.5) is 0 Å². The van der Waals surface area contributed by atoms with Crippen LogP contribution >= 0.6 is 0 Å². The Morgan fingerprint density at radius 3 is 2.40 bits per heavy atom. The number of amides is 1. The molecule has 6 nitrogen and oxygen atoms in total. The van der Waals surface area contributed by atoms with E-state index in [4.69, 9.17) is 4.74 Å². The number of hydrogen-bond acceptors (Lipinski definition) is 4. The van der Waals surface area contributed by atoms with Crippen molar-refractivity contribution in [2.24, 2.45) is 0 Å². The molecule has 1 amide bonds. The van der Waals surface area contributed by atoms with E-state index in [1.807, 2.05) is 25.1 Å². The molecule has 0 atom stereocenters. The van der Waals surface area contributed by atoms with E-state index < -0.39 is 10.0 Å². The summed E-state index contributed by atoms with van der Waals surface area (Å²) in [4.78, 5) is 12.5. The molecule has 0 aliphatic heterocycles. The lowest BCUT2D eigenvalue weighted by atomic mass is 10.1. The zero-order valence-corrected chi connectivity index (χ0v) is 15.5. The Morgan fingerprint density at radius 2 is 1.76 bits per heavy atom. The molecule has 0 spiro atoms. The van der Waals surface area contributed by atoms with Crippen molar-refractivity contribution in [2.75, 3.05) is 14.2 Å². The second kappa shape index (κ2) is 7.67. The van der Waals surface area contributed by atoms with Crippen LogP contribution in [0.15, 0.2) is 41.3 Å². The van der Waals surface area contributed by atoms with Crippen LogP contribution in [0.3, 0.4) is 0 Å². The number of aryl methyl sites for hydroxylation is 2. The molecule has 0 aliphatic rings. The van der Waals surface area contributed by atoms with Gasteiger partial charge in [0.2, 0.25) is 10.0 Å². The molecule has 25 heavy (non-hydrogen) atoms. The average Bonchev–Trinajstić information content (AvgIpc) is 2.60. The molecule has 0 aliphatic carbocycles. The van der Waals surface area contributed by atoms with Crippen LogP contribution in [-0.4, -0.2) is 28.5 Å². The van der Waals surface area contributed by atoms with Crippen LogP contribution in [-0.2, 0) is 16.6 Å². The summed E-state index contributed by atoms with van der Waals surface area (Å²) in [6.07, 6.45) is 0. The summed E-state index contributed by atoms with van der Waals surface area (Å²) in [5.74, 6) is 0.426. The van der Waals surface area contributed by atoms with Gasteiger partial charge < -0.3 is 10.1 Å². The molecule has 0 bridgehead atoms. The topological polar surface area (TPSA) is 84.5 Å². The zero-order valence-electron chi connectivity index (χ0n) is 14.7. The number of carbonyl (C=O) groups is 1. The largest absolute Gasteiger partial charge is 0.496 e. The minimum Gasteiger partial charge on any atom is -0.496 e. The van der Waals surface area contributed by atoms with Gasteiger partial charge in [0.15, 0.2) is 0 Å². The third-order valence-corrected chi connectivity index (χ3v) is 5.37. The van der Waals surface area contributed by atoms with E-state index in [0.717, 1.165) is 16.9 Å².